The van der Waals surface area contributed by atoms with Crippen LogP contribution in [0.2, 0.25) is 0 Å². The van der Waals surface area contributed by atoms with Crippen molar-refractivity contribution >= 4 is 5.91 Å². The van der Waals surface area contributed by atoms with Crippen LogP contribution < -0.4 is 0 Å². The van der Waals surface area contributed by atoms with Gasteiger partial charge < -0.3 is 14.7 Å². The number of aliphatic hydroxyl groups excluding tert-OH is 1. The summed E-state index contributed by atoms with van der Waals surface area (Å²) in [4.78, 5) is 16.8. The third-order valence-corrected chi connectivity index (χ3v) is 6.67. The summed E-state index contributed by atoms with van der Waals surface area (Å²) in [5.41, 5.74) is 4.91. The van der Waals surface area contributed by atoms with Gasteiger partial charge in [0.1, 0.15) is 6.61 Å². The number of carbonyl (C=O) groups excluding carboxylic acids is 1. The summed E-state index contributed by atoms with van der Waals surface area (Å²) in [6.45, 7) is 4.84. The van der Waals surface area contributed by atoms with E-state index in [1.165, 1.54) is 22.3 Å². The smallest absolute Gasteiger partial charge is 0.248 e. The van der Waals surface area contributed by atoms with Crippen LogP contribution in [0, 0.1) is 6.92 Å². The number of carbonyl (C=O) groups is 1. The van der Waals surface area contributed by atoms with Gasteiger partial charge in [-0.3, -0.25) is 9.69 Å². The minimum absolute atomic E-state index is 0.0558. The van der Waals surface area contributed by atoms with Gasteiger partial charge in [0.2, 0.25) is 5.91 Å². The Kier molecular flexibility index (Phi) is 6.52. The number of hydrogen-bond donors (Lipinski definition) is 1. The van der Waals surface area contributed by atoms with E-state index < -0.39 is 0 Å². The molecule has 5 nitrogen and oxygen atoms in total. The lowest BCUT2D eigenvalue weighted by Gasteiger charge is -2.57. The van der Waals surface area contributed by atoms with Crippen molar-refractivity contribution in [1.29, 1.82) is 0 Å². The number of rotatable bonds is 5. The number of methoxy groups -OCH3 is 1. The van der Waals surface area contributed by atoms with Crippen LogP contribution in [0.1, 0.15) is 29.9 Å². The van der Waals surface area contributed by atoms with Gasteiger partial charge in [0, 0.05) is 38.2 Å². The summed E-state index contributed by atoms with van der Waals surface area (Å²) in [5, 5.41) is 10.1. The van der Waals surface area contributed by atoms with Crippen LogP contribution in [0.15, 0.2) is 48.5 Å². The Bertz CT molecular complexity index is 850. The van der Waals surface area contributed by atoms with Crippen molar-refractivity contribution in [2.24, 2.45) is 0 Å². The van der Waals surface area contributed by atoms with Crippen LogP contribution in [-0.4, -0.2) is 72.9 Å². The van der Waals surface area contributed by atoms with Gasteiger partial charge in [-0.25, -0.2) is 0 Å². The average molecular weight is 409 g/mol. The molecule has 30 heavy (non-hydrogen) atoms. The quantitative estimate of drug-likeness (QED) is 0.826. The highest BCUT2D eigenvalue weighted by Crippen LogP contribution is 2.42. The van der Waals surface area contributed by atoms with Gasteiger partial charge in [0.25, 0.3) is 0 Å². The van der Waals surface area contributed by atoms with Crippen molar-refractivity contribution in [3.05, 3.63) is 59.7 Å². The van der Waals surface area contributed by atoms with Crippen LogP contribution in [0.4, 0.5) is 0 Å². The molecule has 2 saturated heterocycles. The van der Waals surface area contributed by atoms with Crippen LogP contribution in [0.5, 0.6) is 0 Å². The largest absolute Gasteiger partial charge is 0.395 e. The van der Waals surface area contributed by atoms with Gasteiger partial charge in [0.05, 0.1) is 6.61 Å². The van der Waals surface area contributed by atoms with Crippen LogP contribution in [0.3, 0.4) is 0 Å². The minimum Gasteiger partial charge on any atom is -0.395 e. The number of aryl methyl sites for hydroxylation is 1. The SMILES string of the molecule is COCC(=O)N1CCCCN2[C@H](CO)[C@@H](c3ccc(-c4ccc(C)cc4)cc3)[C@@H]2C1. The van der Waals surface area contributed by atoms with Crippen molar-refractivity contribution in [3.8, 4) is 11.1 Å². The second-order valence-electron chi connectivity index (χ2n) is 8.55. The zero-order valence-corrected chi connectivity index (χ0v) is 18.0. The number of benzene rings is 2. The molecule has 0 aromatic heterocycles. The summed E-state index contributed by atoms with van der Waals surface area (Å²) in [7, 11) is 1.57. The summed E-state index contributed by atoms with van der Waals surface area (Å²) >= 11 is 0. The van der Waals surface area contributed by atoms with Gasteiger partial charge in [-0.1, -0.05) is 54.1 Å². The van der Waals surface area contributed by atoms with Crippen LogP contribution in [0.25, 0.3) is 11.1 Å². The van der Waals surface area contributed by atoms with E-state index in [9.17, 15) is 9.90 Å². The Morgan fingerprint density at radius 2 is 1.67 bits per heavy atom. The number of amides is 1. The molecule has 2 aromatic carbocycles. The molecule has 2 aliphatic rings. The molecule has 1 amide bonds. The predicted octanol–water partition coefficient (Wildman–Crippen LogP) is 3.06. The molecule has 2 heterocycles. The van der Waals surface area contributed by atoms with Gasteiger partial charge in [-0.2, -0.15) is 0 Å². The third-order valence-electron chi connectivity index (χ3n) is 6.67. The fraction of sp³-hybridized carbons (Fsp3) is 0.480. The summed E-state index contributed by atoms with van der Waals surface area (Å²) < 4.78 is 5.08. The highest BCUT2D eigenvalue weighted by atomic mass is 16.5. The van der Waals surface area contributed by atoms with Crippen molar-refractivity contribution in [2.75, 3.05) is 40.0 Å². The number of nitrogens with zero attached hydrogens (tertiary/aromatic N) is 2. The van der Waals surface area contributed by atoms with Crippen LogP contribution >= 0.6 is 0 Å². The second-order valence-corrected chi connectivity index (χ2v) is 8.55. The highest BCUT2D eigenvalue weighted by molar-refractivity contribution is 5.77. The first kappa shape index (κ1) is 21.0. The first-order valence-corrected chi connectivity index (χ1v) is 10.9. The molecule has 2 fully saturated rings. The number of hydrogen-bond acceptors (Lipinski definition) is 4. The summed E-state index contributed by atoms with van der Waals surface area (Å²) in [6.07, 6.45) is 2.04. The van der Waals surface area contributed by atoms with E-state index in [0.717, 1.165) is 25.9 Å². The number of aliphatic hydroxyl groups is 1. The van der Waals surface area contributed by atoms with Gasteiger partial charge >= 0.3 is 0 Å². The lowest BCUT2D eigenvalue weighted by atomic mass is 9.74. The molecular formula is C25H32N2O3. The molecule has 1 N–H and O–H groups in total. The lowest BCUT2D eigenvalue weighted by Crippen LogP contribution is -2.68. The van der Waals surface area contributed by atoms with Crippen molar-refractivity contribution in [1.82, 2.24) is 9.80 Å². The Balaban J connectivity index is 1.55. The predicted molar refractivity (Wildman–Crippen MR) is 118 cm³/mol. The zero-order valence-electron chi connectivity index (χ0n) is 18.0. The molecule has 2 aliphatic heterocycles. The van der Waals surface area contributed by atoms with Crippen LogP contribution in [-0.2, 0) is 9.53 Å². The fourth-order valence-corrected chi connectivity index (χ4v) is 5.03. The second kappa shape index (κ2) is 9.29. The molecular weight excluding hydrogens is 376 g/mol. The van der Waals surface area contributed by atoms with E-state index in [1.54, 1.807) is 7.11 Å². The lowest BCUT2D eigenvalue weighted by molar-refractivity contribution is -0.140. The minimum atomic E-state index is 0.0558. The first-order chi connectivity index (χ1) is 14.6. The fourth-order valence-electron chi connectivity index (χ4n) is 5.03. The Morgan fingerprint density at radius 3 is 2.30 bits per heavy atom. The molecule has 4 rings (SSSR count). The zero-order chi connectivity index (χ0) is 21.1. The highest BCUT2D eigenvalue weighted by Gasteiger charge is 2.49. The molecule has 0 spiro atoms. The molecule has 160 valence electrons. The molecule has 0 radical (unpaired) electrons. The van der Waals surface area contributed by atoms with Crippen molar-refractivity contribution < 1.29 is 14.6 Å². The molecule has 0 saturated carbocycles. The van der Waals surface area contributed by atoms with E-state index in [4.69, 9.17) is 4.74 Å². The number of fused-ring (bicyclic) bond motifs is 1. The maximum Gasteiger partial charge on any atom is 0.248 e. The van der Waals surface area contributed by atoms with E-state index in [1.807, 2.05) is 4.90 Å². The van der Waals surface area contributed by atoms with E-state index in [-0.39, 0.29) is 37.1 Å². The average Bonchev–Trinajstić information content (AvgIpc) is 2.74. The maximum atomic E-state index is 12.5. The molecule has 3 atom stereocenters. The monoisotopic (exact) mass is 408 g/mol. The van der Waals surface area contributed by atoms with E-state index in [2.05, 4.69) is 60.4 Å². The van der Waals surface area contributed by atoms with E-state index >= 15 is 0 Å². The molecule has 2 aromatic rings. The third kappa shape index (κ3) is 4.15. The van der Waals surface area contributed by atoms with E-state index in [0.29, 0.717) is 6.54 Å². The Morgan fingerprint density at radius 1 is 1.03 bits per heavy atom. The summed E-state index contributed by atoms with van der Waals surface area (Å²) in [5.74, 6) is 0.290. The standard InChI is InChI=1S/C25H32N2O3/c1-18-5-7-19(8-6-18)20-9-11-21(12-10-20)25-22-15-26(24(29)17-30-2)13-3-4-14-27(22)23(25)16-28/h5-12,22-23,25,28H,3-4,13-17H2,1-2H3/t22-,23+,25-/m0/s1. The summed E-state index contributed by atoms with van der Waals surface area (Å²) in [6, 6.07) is 17.7. The van der Waals surface area contributed by atoms with Crippen molar-refractivity contribution in [2.45, 2.75) is 37.8 Å². The molecule has 0 bridgehead atoms. The molecule has 5 heteroatoms. The Labute approximate surface area is 179 Å². The first-order valence-electron chi connectivity index (χ1n) is 10.9. The van der Waals surface area contributed by atoms with Gasteiger partial charge in [-0.15, -0.1) is 0 Å². The van der Waals surface area contributed by atoms with Gasteiger partial charge in [-0.05, 0) is 43.0 Å². The normalized spacial score (nSPS) is 24.5. The maximum absolute atomic E-state index is 12.5. The van der Waals surface area contributed by atoms with Crippen molar-refractivity contribution in [3.63, 3.8) is 0 Å². The topological polar surface area (TPSA) is 53.0 Å². The Hall–Kier alpha value is -2.21. The van der Waals surface area contributed by atoms with Gasteiger partial charge in [0.15, 0.2) is 0 Å². The number of ether oxygens (including phenoxy) is 1. The molecule has 0 aliphatic carbocycles. The molecule has 0 unspecified atom stereocenters.